The number of fused-ring (bicyclic) bond motifs is 1. The standard InChI is InChI=1S/C14H21N3/c1-2-12-4-6-16-14(12)13(3-1)5-9-17-10-7-15-8-11-17/h1-3,15-16H,4-11H2. The molecule has 1 saturated heterocycles. The molecular weight excluding hydrogens is 210 g/mol. The first-order valence-corrected chi connectivity index (χ1v) is 6.71. The number of benzene rings is 1. The van der Waals surface area contributed by atoms with Gasteiger partial charge in [0.1, 0.15) is 0 Å². The van der Waals surface area contributed by atoms with Crippen molar-refractivity contribution in [2.24, 2.45) is 0 Å². The molecule has 0 atom stereocenters. The van der Waals surface area contributed by atoms with Crippen LogP contribution >= 0.6 is 0 Å². The number of nitrogens with one attached hydrogen (secondary N) is 2. The van der Waals surface area contributed by atoms with Gasteiger partial charge in [0.25, 0.3) is 0 Å². The maximum atomic E-state index is 3.53. The lowest BCUT2D eigenvalue weighted by Crippen LogP contribution is -2.44. The third kappa shape index (κ3) is 2.45. The number of piperazine rings is 1. The van der Waals surface area contributed by atoms with Gasteiger partial charge < -0.3 is 15.5 Å². The highest BCUT2D eigenvalue weighted by Crippen LogP contribution is 2.26. The number of anilines is 1. The minimum absolute atomic E-state index is 1.11. The highest BCUT2D eigenvalue weighted by molar-refractivity contribution is 5.61. The van der Waals surface area contributed by atoms with Gasteiger partial charge >= 0.3 is 0 Å². The van der Waals surface area contributed by atoms with E-state index in [1.165, 1.54) is 49.3 Å². The molecule has 2 heterocycles. The summed E-state index contributed by atoms with van der Waals surface area (Å²) in [6, 6.07) is 6.74. The SMILES string of the molecule is c1cc2c(c(CCN3CCNCC3)c1)NCC2. The van der Waals surface area contributed by atoms with Crippen LogP contribution < -0.4 is 10.6 Å². The number of hydrogen-bond donors (Lipinski definition) is 2. The van der Waals surface area contributed by atoms with Gasteiger partial charge in [-0.3, -0.25) is 0 Å². The molecule has 3 nitrogen and oxygen atoms in total. The van der Waals surface area contributed by atoms with Crippen molar-refractivity contribution in [2.75, 3.05) is 44.6 Å². The molecule has 0 aliphatic carbocycles. The highest BCUT2D eigenvalue weighted by atomic mass is 15.2. The highest BCUT2D eigenvalue weighted by Gasteiger charge is 2.15. The van der Waals surface area contributed by atoms with Crippen LogP contribution in [-0.2, 0) is 12.8 Å². The Kier molecular flexibility index (Phi) is 3.29. The molecule has 2 N–H and O–H groups in total. The molecular formula is C14H21N3. The lowest BCUT2D eigenvalue weighted by Gasteiger charge is -2.27. The fraction of sp³-hybridized carbons (Fsp3) is 0.571. The van der Waals surface area contributed by atoms with Crippen LogP contribution in [-0.4, -0.2) is 44.2 Å². The Bertz CT molecular complexity index is 383. The maximum absolute atomic E-state index is 3.53. The van der Waals surface area contributed by atoms with Crippen molar-refractivity contribution >= 4 is 5.69 Å². The van der Waals surface area contributed by atoms with E-state index in [1.54, 1.807) is 0 Å². The third-order valence-electron chi connectivity index (χ3n) is 3.84. The maximum Gasteiger partial charge on any atom is 0.0406 e. The summed E-state index contributed by atoms with van der Waals surface area (Å²) in [5.41, 5.74) is 4.42. The zero-order valence-electron chi connectivity index (χ0n) is 10.3. The molecule has 0 saturated carbocycles. The number of hydrogen-bond acceptors (Lipinski definition) is 3. The fourth-order valence-electron chi connectivity index (χ4n) is 2.83. The molecule has 3 rings (SSSR count). The predicted octanol–water partition coefficient (Wildman–Crippen LogP) is 1.10. The van der Waals surface area contributed by atoms with Crippen LogP contribution in [0, 0.1) is 0 Å². The Balaban J connectivity index is 1.63. The summed E-state index contributed by atoms with van der Waals surface area (Å²) < 4.78 is 0. The molecule has 1 aromatic rings. The first-order valence-electron chi connectivity index (χ1n) is 6.71. The summed E-state index contributed by atoms with van der Waals surface area (Å²) in [7, 11) is 0. The summed E-state index contributed by atoms with van der Waals surface area (Å²) in [6.07, 6.45) is 2.37. The molecule has 1 fully saturated rings. The first-order chi connectivity index (χ1) is 8.43. The largest absolute Gasteiger partial charge is 0.384 e. The quantitative estimate of drug-likeness (QED) is 0.816. The van der Waals surface area contributed by atoms with Crippen LogP contribution in [0.5, 0.6) is 0 Å². The fourth-order valence-corrected chi connectivity index (χ4v) is 2.83. The van der Waals surface area contributed by atoms with E-state index in [0.29, 0.717) is 0 Å². The van der Waals surface area contributed by atoms with Crippen molar-refractivity contribution in [2.45, 2.75) is 12.8 Å². The topological polar surface area (TPSA) is 27.3 Å². The molecule has 0 unspecified atom stereocenters. The van der Waals surface area contributed by atoms with Gasteiger partial charge in [0.2, 0.25) is 0 Å². The summed E-state index contributed by atoms with van der Waals surface area (Å²) in [6.45, 7) is 6.99. The second-order valence-corrected chi connectivity index (χ2v) is 4.97. The normalized spacial score (nSPS) is 20.0. The zero-order chi connectivity index (χ0) is 11.5. The number of rotatable bonds is 3. The molecule has 2 aliphatic heterocycles. The van der Waals surface area contributed by atoms with Crippen LogP contribution in [0.1, 0.15) is 11.1 Å². The molecule has 0 amide bonds. The van der Waals surface area contributed by atoms with Crippen LogP contribution in [0.2, 0.25) is 0 Å². The average Bonchev–Trinajstić information content (AvgIpc) is 2.86. The molecule has 1 aromatic carbocycles. The van der Waals surface area contributed by atoms with E-state index in [2.05, 4.69) is 33.7 Å². The van der Waals surface area contributed by atoms with E-state index in [1.807, 2.05) is 0 Å². The Hall–Kier alpha value is -1.06. The summed E-state index contributed by atoms with van der Waals surface area (Å²) in [5.74, 6) is 0. The van der Waals surface area contributed by atoms with E-state index >= 15 is 0 Å². The Morgan fingerprint density at radius 2 is 2.00 bits per heavy atom. The predicted molar refractivity (Wildman–Crippen MR) is 71.6 cm³/mol. The van der Waals surface area contributed by atoms with Gasteiger partial charge in [-0.25, -0.2) is 0 Å². The molecule has 3 heteroatoms. The van der Waals surface area contributed by atoms with Gasteiger partial charge in [0, 0.05) is 45.0 Å². The molecule has 92 valence electrons. The minimum atomic E-state index is 1.11. The molecule has 0 bridgehead atoms. The minimum Gasteiger partial charge on any atom is -0.384 e. The Morgan fingerprint density at radius 3 is 2.88 bits per heavy atom. The third-order valence-corrected chi connectivity index (χ3v) is 3.84. The van der Waals surface area contributed by atoms with Gasteiger partial charge in [-0.05, 0) is 24.0 Å². The second-order valence-electron chi connectivity index (χ2n) is 4.97. The van der Waals surface area contributed by atoms with Gasteiger partial charge in [-0.15, -0.1) is 0 Å². The lowest BCUT2D eigenvalue weighted by atomic mass is 10.0. The smallest absolute Gasteiger partial charge is 0.0406 e. The summed E-state index contributed by atoms with van der Waals surface area (Å²) >= 11 is 0. The van der Waals surface area contributed by atoms with Crippen molar-refractivity contribution in [3.05, 3.63) is 29.3 Å². The molecule has 0 spiro atoms. The number of nitrogens with zero attached hydrogens (tertiary/aromatic N) is 1. The van der Waals surface area contributed by atoms with E-state index < -0.39 is 0 Å². The van der Waals surface area contributed by atoms with Crippen molar-refractivity contribution in [3.8, 4) is 0 Å². The Morgan fingerprint density at radius 1 is 1.12 bits per heavy atom. The second kappa shape index (κ2) is 5.07. The molecule has 0 radical (unpaired) electrons. The molecule has 0 aromatic heterocycles. The Labute approximate surface area is 103 Å². The van der Waals surface area contributed by atoms with E-state index in [9.17, 15) is 0 Å². The first kappa shape index (κ1) is 11.1. The zero-order valence-corrected chi connectivity index (χ0v) is 10.3. The summed E-state index contributed by atoms with van der Waals surface area (Å²) in [5, 5.41) is 6.93. The number of para-hydroxylation sites is 1. The van der Waals surface area contributed by atoms with Gasteiger partial charge in [-0.2, -0.15) is 0 Å². The van der Waals surface area contributed by atoms with Crippen molar-refractivity contribution in [1.29, 1.82) is 0 Å². The van der Waals surface area contributed by atoms with Crippen molar-refractivity contribution in [1.82, 2.24) is 10.2 Å². The summed E-state index contributed by atoms with van der Waals surface area (Å²) in [4.78, 5) is 2.56. The van der Waals surface area contributed by atoms with E-state index in [0.717, 1.165) is 19.6 Å². The van der Waals surface area contributed by atoms with Crippen LogP contribution in [0.3, 0.4) is 0 Å². The van der Waals surface area contributed by atoms with Crippen LogP contribution in [0.15, 0.2) is 18.2 Å². The monoisotopic (exact) mass is 231 g/mol. The average molecular weight is 231 g/mol. The van der Waals surface area contributed by atoms with Crippen molar-refractivity contribution < 1.29 is 0 Å². The molecule has 2 aliphatic rings. The van der Waals surface area contributed by atoms with Crippen LogP contribution in [0.25, 0.3) is 0 Å². The van der Waals surface area contributed by atoms with Crippen LogP contribution in [0.4, 0.5) is 5.69 Å². The van der Waals surface area contributed by atoms with Gasteiger partial charge in [-0.1, -0.05) is 18.2 Å². The van der Waals surface area contributed by atoms with Gasteiger partial charge in [0.15, 0.2) is 0 Å². The van der Waals surface area contributed by atoms with E-state index in [-0.39, 0.29) is 0 Å². The molecule has 17 heavy (non-hydrogen) atoms. The van der Waals surface area contributed by atoms with Crippen molar-refractivity contribution in [3.63, 3.8) is 0 Å². The van der Waals surface area contributed by atoms with Gasteiger partial charge in [0.05, 0.1) is 0 Å². The van der Waals surface area contributed by atoms with E-state index in [4.69, 9.17) is 0 Å². The lowest BCUT2D eigenvalue weighted by molar-refractivity contribution is 0.244.